The molecule has 7 heteroatoms. The second kappa shape index (κ2) is 7.71. The summed E-state index contributed by atoms with van der Waals surface area (Å²) in [6.07, 6.45) is 3.39. The molecule has 0 unspecified atom stereocenters. The van der Waals surface area contributed by atoms with E-state index >= 15 is 0 Å². The van der Waals surface area contributed by atoms with Crippen LogP contribution < -0.4 is 5.32 Å². The van der Waals surface area contributed by atoms with E-state index in [0.29, 0.717) is 11.1 Å². The first-order chi connectivity index (χ1) is 10.8. The van der Waals surface area contributed by atoms with Gasteiger partial charge in [-0.15, -0.1) is 0 Å². The van der Waals surface area contributed by atoms with Crippen molar-refractivity contribution in [1.82, 2.24) is 9.88 Å². The number of carbonyl (C=O) groups excluding carboxylic acids is 1. The molecule has 0 radical (unpaired) electrons. The van der Waals surface area contributed by atoms with E-state index in [4.69, 9.17) is 16.3 Å². The summed E-state index contributed by atoms with van der Waals surface area (Å²) in [5.41, 5.74) is 0.502. The SMILES string of the molecule is CC(C)(C)OC(=O)N1CCC(CNc2ccnc(Cl)c2Br)CC1. The number of anilines is 1. The van der Waals surface area contributed by atoms with Gasteiger partial charge in [-0.3, -0.25) is 0 Å². The Morgan fingerprint density at radius 1 is 1.48 bits per heavy atom. The first kappa shape index (κ1) is 18.3. The number of hydrogen-bond acceptors (Lipinski definition) is 4. The molecular weight excluding hydrogens is 382 g/mol. The molecule has 1 amide bonds. The second-order valence-electron chi connectivity index (χ2n) is 6.75. The van der Waals surface area contributed by atoms with Gasteiger partial charge in [0.25, 0.3) is 0 Å². The zero-order valence-corrected chi connectivity index (χ0v) is 16.1. The number of piperidine rings is 1. The molecule has 1 aromatic heterocycles. The molecule has 0 saturated carbocycles. The number of ether oxygens (including phenoxy) is 1. The van der Waals surface area contributed by atoms with Crippen molar-refractivity contribution in [3.05, 3.63) is 21.9 Å². The number of halogens is 2. The molecule has 1 aromatic rings. The maximum Gasteiger partial charge on any atom is 0.410 e. The minimum absolute atomic E-state index is 0.215. The van der Waals surface area contributed by atoms with Crippen molar-refractivity contribution < 1.29 is 9.53 Å². The van der Waals surface area contributed by atoms with Crippen LogP contribution in [0.2, 0.25) is 5.15 Å². The van der Waals surface area contributed by atoms with Crippen molar-refractivity contribution in [3.63, 3.8) is 0 Å². The molecule has 2 rings (SSSR count). The highest BCUT2D eigenvalue weighted by atomic mass is 79.9. The molecule has 5 nitrogen and oxygen atoms in total. The van der Waals surface area contributed by atoms with Crippen molar-refractivity contribution in [2.45, 2.75) is 39.2 Å². The zero-order valence-electron chi connectivity index (χ0n) is 13.7. The average Bonchev–Trinajstić information content (AvgIpc) is 2.47. The summed E-state index contributed by atoms with van der Waals surface area (Å²) in [6.45, 7) is 7.98. The molecule has 2 heterocycles. The van der Waals surface area contributed by atoms with E-state index in [1.807, 2.05) is 26.8 Å². The number of carbonyl (C=O) groups is 1. The number of nitrogens with zero attached hydrogens (tertiary/aromatic N) is 2. The zero-order chi connectivity index (χ0) is 17.0. The first-order valence-electron chi connectivity index (χ1n) is 7.78. The molecule has 0 aliphatic carbocycles. The summed E-state index contributed by atoms with van der Waals surface area (Å²) in [6, 6.07) is 1.89. The lowest BCUT2D eigenvalue weighted by atomic mass is 9.97. The molecule has 23 heavy (non-hydrogen) atoms. The maximum atomic E-state index is 12.0. The van der Waals surface area contributed by atoms with E-state index in [9.17, 15) is 4.79 Å². The van der Waals surface area contributed by atoms with Gasteiger partial charge in [0.2, 0.25) is 0 Å². The Hall–Kier alpha value is -1.01. The van der Waals surface area contributed by atoms with Crippen LogP contribution in [0.4, 0.5) is 10.5 Å². The molecule has 128 valence electrons. The van der Waals surface area contributed by atoms with Gasteiger partial charge in [-0.1, -0.05) is 11.6 Å². The Bertz CT molecular complexity index is 555. The normalized spacial score (nSPS) is 16.3. The van der Waals surface area contributed by atoms with Crippen LogP contribution in [-0.4, -0.2) is 41.2 Å². The van der Waals surface area contributed by atoms with Crippen LogP contribution in [0.5, 0.6) is 0 Å². The van der Waals surface area contributed by atoms with Crippen molar-refractivity contribution in [2.24, 2.45) is 5.92 Å². The Morgan fingerprint density at radius 2 is 2.13 bits per heavy atom. The van der Waals surface area contributed by atoms with E-state index in [1.54, 1.807) is 11.1 Å². The Balaban J connectivity index is 1.79. The van der Waals surface area contributed by atoms with Gasteiger partial charge in [-0.05, 0) is 61.5 Å². The molecule has 0 bridgehead atoms. The maximum absolute atomic E-state index is 12.0. The third-order valence-electron chi connectivity index (χ3n) is 3.69. The van der Waals surface area contributed by atoms with Crippen LogP contribution in [0.3, 0.4) is 0 Å². The van der Waals surface area contributed by atoms with Gasteiger partial charge in [0.1, 0.15) is 10.8 Å². The fraction of sp³-hybridized carbons (Fsp3) is 0.625. The summed E-state index contributed by atoms with van der Waals surface area (Å²) in [5.74, 6) is 0.521. The van der Waals surface area contributed by atoms with Gasteiger partial charge in [-0.25, -0.2) is 9.78 Å². The van der Waals surface area contributed by atoms with E-state index < -0.39 is 5.60 Å². The molecule has 0 spiro atoms. The Labute approximate surface area is 150 Å². The van der Waals surface area contributed by atoms with E-state index in [2.05, 4.69) is 26.2 Å². The molecule has 1 aliphatic heterocycles. The Morgan fingerprint density at radius 3 is 2.74 bits per heavy atom. The van der Waals surface area contributed by atoms with Crippen LogP contribution in [0.15, 0.2) is 16.7 Å². The number of nitrogens with one attached hydrogen (secondary N) is 1. The van der Waals surface area contributed by atoms with Gasteiger partial charge < -0.3 is 15.0 Å². The molecule has 1 N–H and O–H groups in total. The molecule has 1 aliphatic rings. The molecular formula is C16H23BrClN3O2. The summed E-state index contributed by atoms with van der Waals surface area (Å²) in [4.78, 5) is 17.8. The lowest BCUT2D eigenvalue weighted by Gasteiger charge is -2.33. The number of pyridine rings is 1. The topological polar surface area (TPSA) is 54.5 Å². The van der Waals surface area contributed by atoms with Crippen LogP contribution >= 0.6 is 27.5 Å². The third kappa shape index (κ3) is 5.53. The van der Waals surface area contributed by atoms with Gasteiger partial charge in [-0.2, -0.15) is 0 Å². The third-order valence-corrected chi connectivity index (χ3v) is 5.01. The second-order valence-corrected chi connectivity index (χ2v) is 7.91. The summed E-state index contributed by atoms with van der Waals surface area (Å²) >= 11 is 9.42. The minimum Gasteiger partial charge on any atom is -0.444 e. The highest BCUT2D eigenvalue weighted by Crippen LogP contribution is 2.29. The van der Waals surface area contributed by atoms with E-state index in [1.165, 1.54) is 0 Å². The van der Waals surface area contributed by atoms with Gasteiger partial charge in [0.15, 0.2) is 0 Å². The van der Waals surface area contributed by atoms with Crippen LogP contribution in [0.25, 0.3) is 0 Å². The monoisotopic (exact) mass is 403 g/mol. The van der Waals surface area contributed by atoms with Crippen LogP contribution in [0.1, 0.15) is 33.6 Å². The van der Waals surface area contributed by atoms with Crippen LogP contribution in [0, 0.1) is 5.92 Å². The lowest BCUT2D eigenvalue weighted by Crippen LogP contribution is -2.42. The van der Waals surface area contributed by atoms with Crippen molar-refractivity contribution >= 4 is 39.3 Å². The number of aromatic nitrogens is 1. The summed E-state index contributed by atoms with van der Waals surface area (Å²) in [5, 5.41) is 3.85. The van der Waals surface area contributed by atoms with E-state index in [-0.39, 0.29) is 6.09 Å². The molecule has 0 atom stereocenters. The summed E-state index contributed by atoms with van der Waals surface area (Å²) in [7, 11) is 0. The summed E-state index contributed by atoms with van der Waals surface area (Å²) < 4.78 is 6.20. The molecule has 1 fully saturated rings. The smallest absolute Gasteiger partial charge is 0.410 e. The predicted octanol–water partition coefficient (Wildman–Crippen LogP) is 4.56. The fourth-order valence-electron chi connectivity index (χ4n) is 2.46. The first-order valence-corrected chi connectivity index (χ1v) is 8.95. The quantitative estimate of drug-likeness (QED) is 0.751. The van der Waals surface area contributed by atoms with Gasteiger partial charge in [0.05, 0.1) is 10.2 Å². The van der Waals surface area contributed by atoms with Crippen LogP contribution in [-0.2, 0) is 4.74 Å². The predicted molar refractivity (Wildman–Crippen MR) is 96.0 cm³/mol. The fourth-order valence-corrected chi connectivity index (χ4v) is 2.99. The van der Waals surface area contributed by atoms with Crippen molar-refractivity contribution in [2.75, 3.05) is 25.0 Å². The molecule has 0 aromatic carbocycles. The number of likely N-dealkylation sites (tertiary alicyclic amines) is 1. The average molecular weight is 405 g/mol. The van der Waals surface area contributed by atoms with Crippen molar-refractivity contribution in [1.29, 1.82) is 0 Å². The number of amides is 1. The standard InChI is InChI=1S/C16H23BrClN3O2/c1-16(2,3)23-15(22)21-8-5-11(6-9-21)10-20-12-4-7-19-14(18)13(12)17/h4,7,11H,5-6,8-10H2,1-3H3,(H,19,20). The van der Waals surface area contributed by atoms with Gasteiger partial charge >= 0.3 is 6.09 Å². The highest BCUT2D eigenvalue weighted by Gasteiger charge is 2.26. The lowest BCUT2D eigenvalue weighted by molar-refractivity contribution is 0.0188. The molecule has 1 saturated heterocycles. The number of hydrogen-bond donors (Lipinski definition) is 1. The number of rotatable bonds is 3. The van der Waals surface area contributed by atoms with Gasteiger partial charge in [0, 0.05) is 25.8 Å². The minimum atomic E-state index is -0.442. The van der Waals surface area contributed by atoms with E-state index in [0.717, 1.165) is 42.6 Å². The highest BCUT2D eigenvalue weighted by molar-refractivity contribution is 9.10. The largest absolute Gasteiger partial charge is 0.444 e. The Kier molecular flexibility index (Phi) is 6.14. The van der Waals surface area contributed by atoms with Crippen molar-refractivity contribution in [3.8, 4) is 0 Å².